The Labute approximate surface area is 195 Å². The number of esters is 1. The van der Waals surface area contributed by atoms with Gasteiger partial charge in [0.1, 0.15) is 11.4 Å². The van der Waals surface area contributed by atoms with Gasteiger partial charge in [-0.15, -0.1) is 0 Å². The molecule has 0 unspecified atom stereocenters. The number of ether oxygens (including phenoxy) is 2. The second kappa shape index (κ2) is 11.4. The summed E-state index contributed by atoms with van der Waals surface area (Å²) in [6, 6.07) is 17.3. The molecule has 3 aromatic rings. The summed E-state index contributed by atoms with van der Waals surface area (Å²) >= 11 is 0. The quantitative estimate of drug-likeness (QED) is 0.439. The Balaban J connectivity index is 1.87. The topological polar surface area (TPSA) is 71.6 Å². The van der Waals surface area contributed by atoms with Crippen molar-refractivity contribution in [3.63, 3.8) is 0 Å². The van der Waals surface area contributed by atoms with Crippen molar-refractivity contribution in [2.45, 2.75) is 40.7 Å². The van der Waals surface area contributed by atoms with E-state index in [1.165, 1.54) is 0 Å². The van der Waals surface area contributed by atoms with Crippen LogP contribution in [0.5, 0.6) is 5.75 Å². The molecule has 0 spiro atoms. The number of hydrogen-bond donors (Lipinski definition) is 1. The Morgan fingerprint density at radius 3 is 2.27 bits per heavy atom. The van der Waals surface area contributed by atoms with E-state index in [9.17, 15) is 9.59 Å². The summed E-state index contributed by atoms with van der Waals surface area (Å²) in [5.41, 5.74) is 4.82. The van der Waals surface area contributed by atoms with E-state index in [1.54, 1.807) is 19.1 Å². The summed E-state index contributed by atoms with van der Waals surface area (Å²) in [6.07, 6.45) is 0.733. The number of H-pyrrole nitrogens is 1. The second-order valence-corrected chi connectivity index (χ2v) is 7.87. The van der Waals surface area contributed by atoms with Crippen molar-refractivity contribution in [1.82, 2.24) is 9.88 Å². The fraction of sp³-hybridized carbons (Fsp3) is 0.333. The lowest BCUT2D eigenvalue weighted by atomic mass is 10.1. The largest absolute Gasteiger partial charge is 0.494 e. The van der Waals surface area contributed by atoms with Crippen LogP contribution in [0.15, 0.2) is 54.6 Å². The maximum Gasteiger partial charge on any atom is 0.355 e. The molecule has 1 N–H and O–H groups in total. The first-order valence-electron chi connectivity index (χ1n) is 11.4. The first kappa shape index (κ1) is 24.1. The van der Waals surface area contributed by atoms with E-state index in [0.717, 1.165) is 34.6 Å². The molecule has 6 nitrogen and oxygen atoms in total. The lowest BCUT2D eigenvalue weighted by Gasteiger charge is -2.24. The number of amides is 1. The molecule has 0 bridgehead atoms. The molecule has 0 atom stereocenters. The van der Waals surface area contributed by atoms with E-state index in [1.807, 2.05) is 56.0 Å². The first-order chi connectivity index (χ1) is 15.9. The molecule has 1 aromatic heterocycles. The van der Waals surface area contributed by atoms with Crippen molar-refractivity contribution in [3.8, 4) is 5.75 Å². The van der Waals surface area contributed by atoms with Crippen LogP contribution in [0.25, 0.3) is 0 Å². The van der Waals surface area contributed by atoms with Crippen LogP contribution in [0.1, 0.15) is 57.1 Å². The molecule has 0 fully saturated rings. The van der Waals surface area contributed by atoms with Gasteiger partial charge in [-0.3, -0.25) is 4.79 Å². The normalized spacial score (nSPS) is 10.7. The van der Waals surface area contributed by atoms with E-state index >= 15 is 0 Å². The number of aromatic nitrogens is 1. The molecule has 1 amide bonds. The van der Waals surface area contributed by atoms with Crippen LogP contribution in [0.3, 0.4) is 0 Å². The zero-order valence-electron chi connectivity index (χ0n) is 19.8. The van der Waals surface area contributed by atoms with Gasteiger partial charge in [0, 0.05) is 24.3 Å². The van der Waals surface area contributed by atoms with Crippen molar-refractivity contribution in [2.24, 2.45) is 0 Å². The summed E-state index contributed by atoms with van der Waals surface area (Å²) in [5.74, 6) is 0.297. The number of rotatable bonds is 10. The molecule has 0 aliphatic carbocycles. The summed E-state index contributed by atoms with van der Waals surface area (Å²) in [6.45, 7) is 9.35. The van der Waals surface area contributed by atoms with Crippen molar-refractivity contribution in [1.29, 1.82) is 0 Å². The van der Waals surface area contributed by atoms with E-state index in [2.05, 4.69) is 17.1 Å². The Kier molecular flexibility index (Phi) is 8.30. The first-order valence-corrected chi connectivity index (χ1v) is 11.4. The average Bonchev–Trinajstić information content (AvgIpc) is 3.11. The molecule has 6 heteroatoms. The lowest BCUT2D eigenvalue weighted by Crippen LogP contribution is -2.33. The summed E-state index contributed by atoms with van der Waals surface area (Å²) in [4.78, 5) is 30.8. The Morgan fingerprint density at radius 1 is 0.939 bits per heavy atom. The van der Waals surface area contributed by atoms with Gasteiger partial charge in [0.05, 0.1) is 13.2 Å². The molecular weight excluding hydrogens is 416 g/mol. The van der Waals surface area contributed by atoms with Gasteiger partial charge in [0.2, 0.25) is 0 Å². The molecule has 2 aromatic carbocycles. The van der Waals surface area contributed by atoms with E-state index in [4.69, 9.17) is 9.47 Å². The molecule has 174 valence electrons. The third kappa shape index (κ3) is 6.04. The van der Waals surface area contributed by atoms with Crippen LogP contribution in [0.4, 0.5) is 0 Å². The van der Waals surface area contributed by atoms with Gasteiger partial charge in [-0.2, -0.15) is 0 Å². The van der Waals surface area contributed by atoms with Crippen molar-refractivity contribution in [2.75, 3.05) is 19.8 Å². The van der Waals surface area contributed by atoms with Gasteiger partial charge < -0.3 is 19.4 Å². The average molecular weight is 449 g/mol. The monoisotopic (exact) mass is 448 g/mol. The van der Waals surface area contributed by atoms with Gasteiger partial charge in [-0.05, 0) is 75.1 Å². The van der Waals surface area contributed by atoms with Crippen LogP contribution < -0.4 is 4.74 Å². The van der Waals surface area contributed by atoms with Crippen molar-refractivity contribution < 1.29 is 19.1 Å². The minimum atomic E-state index is -0.377. The third-order valence-electron chi connectivity index (χ3n) is 5.63. The SMILES string of the molecule is CCOC(=O)c1[nH]c(C)c(CN(CCc2ccccc2)C(=O)c2ccc(OCC)cc2)c1C. The molecular formula is C27H32N2O4. The second-order valence-electron chi connectivity index (χ2n) is 7.87. The van der Waals surface area contributed by atoms with Crippen molar-refractivity contribution in [3.05, 3.63) is 88.2 Å². The highest BCUT2D eigenvalue weighted by atomic mass is 16.5. The van der Waals surface area contributed by atoms with Crippen LogP contribution in [-0.2, 0) is 17.7 Å². The number of carbonyl (C=O) groups is 2. The van der Waals surface area contributed by atoms with Crippen LogP contribution >= 0.6 is 0 Å². The molecule has 3 rings (SSSR count). The molecule has 33 heavy (non-hydrogen) atoms. The maximum absolute atomic E-state index is 13.5. The van der Waals surface area contributed by atoms with E-state index < -0.39 is 0 Å². The minimum absolute atomic E-state index is 0.0633. The lowest BCUT2D eigenvalue weighted by molar-refractivity contribution is 0.0519. The molecule has 0 radical (unpaired) electrons. The fourth-order valence-electron chi connectivity index (χ4n) is 3.83. The molecule has 1 heterocycles. The number of carbonyl (C=O) groups excluding carboxylic acids is 2. The molecule has 0 saturated carbocycles. The van der Waals surface area contributed by atoms with Gasteiger partial charge in [-0.25, -0.2) is 4.79 Å². The van der Waals surface area contributed by atoms with E-state index in [-0.39, 0.29) is 11.9 Å². The van der Waals surface area contributed by atoms with Crippen molar-refractivity contribution >= 4 is 11.9 Å². The number of aromatic amines is 1. The minimum Gasteiger partial charge on any atom is -0.494 e. The zero-order valence-corrected chi connectivity index (χ0v) is 19.8. The predicted octanol–water partition coefficient (Wildman–Crippen LogP) is 5.09. The van der Waals surface area contributed by atoms with E-state index in [0.29, 0.717) is 37.6 Å². The Morgan fingerprint density at radius 2 is 1.64 bits per heavy atom. The Bertz CT molecular complexity index is 1070. The van der Waals surface area contributed by atoms with Gasteiger partial charge >= 0.3 is 5.97 Å². The number of nitrogens with zero attached hydrogens (tertiary/aromatic N) is 1. The zero-order chi connectivity index (χ0) is 23.8. The highest BCUT2D eigenvalue weighted by molar-refractivity contribution is 5.94. The maximum atomic E-state index is 13.5. The molecule has 0 aliphatic rings. The smallest absolute Gasteiger partial charge is 0.355 e. The Hall–Kier alpha value is -3.54. The summed E-state index contributed by atoms with van der Waals surface area (Å²) < 4.78 is 10.7. The number of hydrogen-bond acceptors (Lipinski definition) is 4. The molecule has 0 aliphatic heterocycles. The van der Waals surface area contributed by atoms with Gasteiger partial charge in [-0.1, -0.05) is 30.3 Å². The van der Waals surface area contributed by atoms with Crippen LogP contribution in [0, 0.1) is 13.8 Å². The van der Waals surface area contributed by atoms with Gasteiger partial charge in [0.15, 0.2) is 0 Å². The molecule has 0 saturated heterocycles. The fourth-order valence-corrected chi connectivity index (χ4v) is 3.83. The predicted molar refractivity (Wildman–Crippen MR) is 129 cm³/mol. The highest BCUT2D eigenvalue weighted by Gasteiger charge is 2.23. The van der Waals surface area contributed by atoms with Gasteiger partial charge in [0.25, 0.3) is 5.91 Å². The number of aryl methyl sites for hydroxylation is 1. The van der Waals surface area contributed by atoms with Crippen LogP contribution in [0.2, 0.25) is 0 Å². The van der Waals surface area contributed by atoms with Crippen LogP contribution in [-0.4, -0.2) is 41.5 Å². The number of benzene rings is 2. The summed E-state index contributed by atoms with van der Waals surface area (Å²) in [5, 5.41) is 0. The number of nitrogens with one attached hydrogen (secondary N) is 1. The summed E-state index contributed by atoms with van der Waals surface area (Å²) in [7, 11) is 0. The highest BCUT2D eigenvalue weighted by Crippen LogP contribution is 2.23. The standard InChI is InChI=1S/C27H32N2O4/c1-5-32-23-14-12-22(13-15-23)26(30)29(17-16-21-10-8-7-9-11-21)18-24-19(3)25(28-20(24)4)27(31)33-6-2/h7-15,28H,5-6,16-18H2,1-4H3. The third-order valence-corrected chi connectivity index (χ3v) is 5.63.